The van der Waals surface area contributed by atoms with Gasteiger partial charge in [0.2, 0.25) is 0 Å². The van der Waals surface area contributed by atoms with E-state index in [2.05, 4.69) is 0 Å². The Balaban J connectivity index is 1.91. The number of ketones is 1. The number of aryl methyl sites for hydroxylation is 1. The highest BCUT2D eigenvalue weighted by Crippen LogP contribution is 2.32. The molecule has 0 N–H and O–H groups in total. The molecule has 0 aromatic heterocycles. The average Bonchev–Trinajstić information content (AvgIpc) is 2.97. The van der Waals surface area contributed by atoms with E-state index in [0.29, 0.717) is 24.2 Å². The summed E-state index contributed by atoms with van der Waals surface area (Å²) in [6.45, 7) is 2.25. The van der Waals surface area contributed by atoms with Gasteiger partial charge in [0.1, 0.15) is 0 Å². The Morgan fingerprint density at radius 3 is 2.48 bits per heavy atom. The molecule has 0 saturated carbocycles. The molecule has 0 unspecified atom stereocenters. The lowest BCUT2D eigenvalue weighted by Crippen LogP contribution is -2.35. The second-order valence-corrected chi connectivity index (χ2v) is 5.47. The van der Waals surface area contributed by atoms with Crippen LogP contribution in [0.2, 0.25) is 0 Å². The van der Waals surface area contributed by atoms with E-state index in [4.69, 9.17) is 0 Å². The molecule has 1 aliphatic rings. The molecule has 1 aliphatic heterocycles. The average molecular weight is 310 g/mol. The molecule has 2 aromatic carbocycles. The van der Waals surface area contributed by atoms with E-state index < -0.39 is 16.6 Å². The number of anilines is 1. The largest absolute Gasteiger partial charge is 0.305 e. The zero-order chi connectivity index (χ0) is 16.6. The molecule has 0 spiro atoms. The van der Waals surface area contributed by atoms with Crippen molar-refractivity contribution in [3.8, 4) is 0 Å². The molecule has 3 rings (SSSR count). The highest BCUT2D eigenvalue weighted by molar-refractivity contribution is 6.47. The number of carbonyl (C=O) groups is 2. The Kier molecular flexibility index (Phi) is 3.65. The third kappa shape index (κ3) is 2.70. The van der Waals surface area contributed by atoms with Gasteiger partial charge in [-0.2, -0.15) is 0 Å². The second-order valence-electron chi connectivity index (χ2n) is 5.47. The van der Waals surface area contributed by atoms with Crippen molar-refractivity contribution in [2.24, 2.45) is 0 Å². The maximum atomic E-state index is 12.5. The molecule has 0 atom stereocenters. The van der Waals surface area contributed by atoms with E-state index in [1.807, 2.05) is 6.92 Å². The fraction of sp³-hybridized carbons (Fsp3) is 0.176. The van der Waals surface area contributed by atoms with E-state index in [-0.39, 0.29) is 5.69 Å². The maximum absolute atomic E-state index is 12.5. The minimum Gasteiger partial charge on any atom is -0.305 e. The van der Waals surface area contributed by atoms with Crippen LogP contribution in [0.1, 0.15) is 21.5 Å². The number of benzene rings is 2. The minimum absolute atomic E-state index is 0.0914. The first-order chi connectivity index (χ1) is 11.0. The Labute approximate surface area is 132 Å². The highest BCUT2D eigenvalue weighted by atomic mass is 16.6. The monoisotopic (exact) mass is 310 g/mol. The number of non-ortho nitro benzene ring substituents is 1. The zero-order valence-corrected chi connectivity index (χ0v) is 12.5. The molecular weight excluding hydrogens is 296 g/mol. The first-order valence-electron chi connectivity index (χ1n) is 7.17. The number of nitro benzene ring substituents is 1. The van der Waals surface area contributed by atoms with Gasteiger partial charge < -0.3 is 4.90 Å². The van der Waals surface area contributed by atoms with Gasteiger partial charge in [0.15, 0.2) is 0 Å². The van der Waals surface area contributed by atoms with Crippen LogP contribution in [0.3, 0.4) is 0 Å². The summed E-state index contributed by atoms with van der Waals surface area (Å²) < 4.78 is 0. The maximum Gasteiger partial charge on any atom is 0.299 e. The Bertz CT molecular complexity index is 812. The lowest BCUT2D eigenvalue weighted by molar-refractivity contribution is -0.384. The Morgan fingerprint density at radius 2 is 1.83 bits per heavy atom. The van der Waals surface area contributed by atoms with Crippen LogP contribution >= 0.6 is 0 Å². The highest BCUT2D eigenvalue weighted by Gasteiger charge is 2.31. The summed E-state index contributed by atoms with van der Waals surface area (Å²) in [7, 11) is 0. The topological polar surface area (TPSA) is 80.5 Å². The van der Waals surface area contributed by atoms with Crippen molar-refractivity contribution < 1.29 is 14.5 Å². The van der Waals surface area contributed by atoms with Gasteiger partial charge in [-0.1, -0.05) is 35.9 Å². The van der Waals surface area contributed by atoms with Gasteiger partial charge >= 0.3 is 0 Å². The number of hydrogen-bond acceptors (Lipinski definition) is 4. The summed E-state index contributed by atoms with van der Waals surface area (Å²) in [6.07, 6.45) is 0.584. The van der Waals surface area contributed by atoms with E-state index in [1.54, 1.807) is 30.3 Å². The predicted octanol–water partition coefficient (Wildman–Crippen LogP) is 2.68. The van der Waals surface area contributed by atoms with Crippen LogP contribution in [0.15, 0.2) is 42.5 Å². The first kappa shape index (κ1) is 14.9. The van der Waals surface area contributed by atoms with Crippen LogP contribution < -0.4 is 4.90 Å². The Morgan fingerprint density at radius 1 is 1.13 bits per heavy atom. The van der Waals surface area contributed by atoms with Crippen molar-refractivity contribution in [3.63, 3.8) is 0 Å². The molecular formula is C17H14N2O4. The number of fused-ring (bicyclic) bond motifs is 1. The second kappa shape index (κ2) is 5.64. The van der Waals surface area contributed by atoms with Gasteiger partial charge in [0.05, 0.1) is 10.6 Å². The van der Waals surface area contributed by atoms with E-state index in [1.165, 1.54) is 17.0 Å². The standard InChI is InChI=1S/C17H14N2O4/c1-11-2-4-13(5-3-11)16(20)17(21)18-9-8-12-6-7-14(19(22)23)10-15(12)18/h2-7,10H,8-9H2,1H3. The quantitative estimate of drug-likeness (QED) is 0.378. The van der Waals surface area contributed by atoms with Gasteiger partial charge in [-0.25, -0.2) is 0 Å². The van der Waals surface area contributed by atoms with Crippen LogP contribution in [0, 0.1) is 17.0 Å². The fourth-order valence-corrected chi connectivity index (χ4v) is 2.64. The van der Waals surface area contributed by atoms with Crippen LogP contribution in [-0.4, -0.2) is 23.2 Å². The number of rotatable bonds is 3. The molecule has 0 aliphatic carbocycles. The summed E-state index contributed by atoms with van der Waals surface area (Å²) >= 11 is 0. The number of carbonyl (C=O) groups excluding carboxylic acids is 2. The van der Waals surface area contributed by atoms with Crippen LogP contribution in [-0.2, 0) is 11.2 Å². The third-order valence-corrected chi connectivity index (χ3v) is 3.93. The van der Waals surface area contributed by atoms with Gasteiger partial charge in [-0.05, 0) is 18.9 Å². The van der Waals surface area contributed by atoms with E-state index >= 15 is 0 Å². The molecule has 0 bridgehead atoms. The van der Waals surface area contributed by atoms with Crippen molar-refractivity contribution in [2.75, 3.05) is 11.4 Å². The minimum atomic E-state index is -0.659. The van der Waals surface area contributed by atoms with Gasteiger partial charge in [0, 0.05) is 24.2 Å². The summed E-state index contributed by atoms with van der Waals surface area (Å²) in [5.41, 5.74) is 2.51. The van der Waals surface area contributed by atoms with Crippen molar-refractivity contribution >= 4 is 23.1 Å². The first-order valence-corrected chi connectivity index (χ1v) is 7.17. The van der Waals surface area contributed by atoms with Crippen LogP contribution in [0.25, 0.3) is 0 Å². The number of Topliss-reactive ketones (excluding diaryl/α,β-unsaturated/α-hetero) is 1. The van der Waals surface area contributed by atoms with Gasteiger partial charge in [0.25, 0.3) is 17.4 Å². The zero-order valence-electron chi connectivity index (χ0n) is 12.5. The van der Waals surface area contributed by atoms with Crippen molar-refractivity contribution in [3.05, 3.63) is 69.3 Å². The van der Waals surface area contributed by atoms with Crippen LogP contribution in [0.5, 0.6) is 0 Å². The SMILES string of the molecule is Cc1ccc(C(=O)C(=O)N2CCc3ccc([N+](=O)[O-])cc32)cc1. The lowest BCUT2D eigenvalue weighted by atomic mass is 10.1. The smallest absolute Gasteiger partial charge is 0.299 e. The normalized spacial score (nSPS) is 12.8. The molecule has 0 saturated heterocycles. The van der Waals surface area contributed by atoms with Gasteiger partial charge in [-0.3, -0.25) is 19.7 Å². The third-order valence-electron chi connectivity index (χ3n) is 3.93. The predicted molar refractivity (Wildman–Crippen MR) is 84.7 cm³/mol. The molecule has 2 aromatic rings. The summed E-state index contributed by atoms with van der Waals surface area (Å²) in [5.74, 6) is -1.27. The molecule has 1 heterocycles. The molecule has 23 heavy (non-hydrogen) atoms. The molecule has 0 fully saturated rings. The lowest BCUT2D eigenvalue weighted by Gasteiger charge is -2.16. The number of nitro groups is 1. The number of nitrogens with zero attached hydrogens (tertiary/aromatic N) is 2. The molecule has 0 radical (unpaired) electrons. The van der Waals surface area contributed by atoms with Crippen molar-refractivity contribution in [1.82, 2.24) is 0 Å². The molecule has 116 valence electrons. The Hall–Kier alpha value is -3.02. The fourth-order valence-electron chi connectivity index (χ4n) is 2.64. The molecule has 6 heteroatoms. The summed E-state index contributed by atoms with van der Waals surface area (Å²) in [5, 5.41) is 10.9. The van der Waals surface area contributed by atoms with E-state index in [9.17, 15) is 19.7 Å². The molecule has 6 nitrogen and oxygen atoms in total. The number of hydrogen-bond donors (Lipinski definition) is 0. The summed E-state index contributed by atoms with van der Waals surface area (Å²) in [4.78, 5) is 36.5. The summed E-state index contributed by atoms with van der Waals surface area (Å²) in [6, 6.07) is 11.2. The van der Waals surface area contributed by atoms with Crippen molar-refractivity contribution in [2.45, 2.75) is 13.3 Å². The van der Waals surface area contributed by atoms with E-state index in [0.717, 1.165) is 11.1 Å². The number of amides is 1. The van der Waals surface area contributed by atoms with Gasteiger partial charge in [-0.15, -0.1) is 0 Å². The molecule has 1 amide bonds. The van der Waals surface area contributed by atoms with Crippen molar-refractivity contribution in [1.29, 1.82) is 0 Å². The van der Waals surface area contributed by atoms with Crippen LogP contribution in [0.4, 0.5) is 11.4 Å².